The first kappa shape index (κ1) is 13.1. The standard InChI is InChI=1S/C13H16N2O2/c1-4-5-10(14)13(16)15-11-7-6-9(2)8-12(11)17-3/h1,6-8,10H,5,14H2,2-3H3,(H,15,16). The van der Waals surface area contributed by atoms with Crippen LogP contribution in [0, 0.1) is 19.3 Å². The Kier molecular flexibility index (Phi) is 4.56. The van der Waals surface area contributed by atoms with E-state index in [2.05, 4.69) is 11.2 Å². The minimum Gasteiger partial charge on any atom is -0.495 e. The molecule has 0 heterocycles. The van der Waals surface area contributed by atoms with Crippen LogP contribution in [-0.4, -0.2) is 19.1 Å². The second kappa shape index (κ2) is 5.92. The molecule has 4 nitrogen and oxygen atoms in total. The van der Waals surface area contributed by atoms with Gasteiger partial charge in [-0.05, 0) is 24.6 Å². The first-order chi connectivity index (χ1) is 8.08. The average molecular weight is 232 g/mol. The number of nitrogens with two attached hydrogens (primary N) is 1. The van der Waals surface area contributed by atoms with Crippen molar-refractivity contribution < 1.29 is 9.53 Å². The predicted molar refractivity (Wildman–Crippen MR) is 67.8 cm³/mol. The molecule has 1 aromatic rings. The molecular formula is C13H16N2O2. The largest absolute Gasteiger partial charge is 0.495 e. The van der Waals surface area contributed by atoms with Crippen LogP contribution in [-0.2, 0) is 4.79 Å². The Morgan fingerprint density at radius 3 is 2.94 bits per heavy atom. The lowest BCUT2D eigenvalue weighted by Crippen LogP contribution is -2.35. The number of carbonyl (C=O) groups is 1. The lowest BCUT2D eigenvalue weighted by molar-refractivity contribution is -0.117. The number of aryl methyl sites for hydroxylation is 1. The summed E-state index contributed by atoms with van der Waals surface area (Å²) in [6.45, 7) is 1.94. The summed E-state index contributed by atoms with van der Waals surface area (Å²) in [6, 6.07) is 4.79. The van der Waals surface area contributed by atoms with Crippen LogP contribution in [0.3, 0.4) is 0 Å². The first-order valence-corrected chi connectivity index (χ1v) is 5.23. The number of benzene rings is 1. The van der Waals surface area contributed by atoms with Crippen molar-refractivity contribution in [2.45, 2.75) is 19.4 Å². The Morgan fingerprint density at radius 1 is 1.65 bits per heavy atom. The molecular weight excluding hydrogens is 216 g/mol. The van der Waals surface area contributed by atoms with Gasteiger partial charge >= 0.3 is 0 Å². The molecule has 0 saturated carbocycles. The van der Waals surface area contributed by atoms with Gasteiger partial charge in [-0.1, -0.05) is 6.07 Å². The van der Waals surface area contributed by atoms with Crippen molar-refractivity contribution in [2.75, 3.05) is 12.4 Å². The number of methoxy groups -OCH3 is 1. The number of hydrogen-bond acceptors (Lipinski definition) is 3. The number of rotatable bonds is 4. The fourth-order valence-electron chi connectivity index (χ4n) is 1.35. The van der Waals surface area contributed by atoms with Gasteiger partial charge in [0.1, 0.15) is 5.75 Å². The molecule has 0 aliphatic heterocycles. The van der Waals surface area contributed by atoms with E-state index in [1.165, 1.54) is 0 Å². The van der Waals surface area contributed by atoms with E-state index in [-0.39, 0.29) is 12.3 Å². The summed E-state index contributed by atoms with van der Waals surface area (Å²) in [6.07, 6.45) is 5.31. The molecule has 17 heavy (non-hydrogen) atoms. The van der Waals surface area contributed by atoms with Crippen LogP contribution in [0.5, 0.6) is 5.75 Å². The molecule has 1 unspecified atom stereocenters. The van der Waals surface area contributed by atoms with Crippen LogP contribution in [0.2, 0.25) is 0 Å². The molecule has 1 rings (SSSR count). The number of terminal acetylenes is 1. The lowest BCUT2D eigenvalue weighted by Gasteiger charge is -2.13. The number of carbonyl (C=O) groups excluding carboxylic acids is 1. The van der Waals surface area contributed by atoms with Crippen LogP contribution in [0.25, 0.3) is 0 Å². The second-order valence-corrected chi connectivity index (χ2v) is 3.71. The summed E-state index contributed by atoms with van der Waals surface area (Å²) < 4.78 is 5.17. The summed E-state index contributed by atoms with van der Waals surface area (Å²) in [5, 5.41) is 2.69. The molecule has 1 atom stereocenters. The van der Waals surface area contributed by atoms with E-state index in [0.717, 1.165) is 5.56 Å². The van der Waals surface area contributed by atoms with Crippen molar-refractivity contribution in [3.8, 4) is 18.1 Å². The molecule has 0 bridgehead atoms. The molecule has 4 heteroatoms. The van der Waals surface area contributed by atoms with E-state index in [0.29, 0.717) is 11.4 Å². The van der Waals surface area contributed by atoms with Gasteiger partial charge in [-0.2, -0.15) is 0 Å². The van der Waals surface area contributed by atoms with Gasteiger partial charge in [0.15, 0.2) is 0 Å². The van der Waals surface area contributed by atoms with E-state index in [9.17, 15) is 4.79 Å². The van der Waals surface area contributed by atoms with Crippen molar-refractivity contribution in [3.05, 3.63) is 23.8 Å². The molecule has 0 fully saturated rings. The molecule has 0 aliphatic rings. The maximum Gasteiger partial charge on any atom is 0.242 e. The summed E-state index contributed by atoms with van der Waals surface area (Å²) in [5.74, 6) is 2.64. The highest BCUT2D eigenvalue weighted by atomic mass is 16.5. The van der Waals surface area contributed by atoms with Crippen LogP contribution in [0.1, 0.15) is 12.0 Å². The third-order valence-corrected chi connectivity index (χ3v) is 2.29. The van der Waals surface area contributed by atoms with Gasteiger partial charge in [0, 0.05) is 6.42 Å². The number of anilines is 1. The smallest absolute Gasteiger partial charge is 0.242 e. The number of hydrogen-bond donors (Lipinski definition) is 2. The van der Waals surface area contributed by atoms with Crippen LogP contribution >= 0.6 is 0 Å². The zero-order valence-electron chi connectivity index (χ0n) is 9.99. The number of ether oxygens (including phenoxy) is 1. The minimum absolute atomic E-state index is 0.208. The fraction of sp³-hybridized carbons (Fsp3) is 0.308. The molecule has 90 valence electrons. The molecule has 1 amide bonds. The number of nitrogens with one attached hydrogen (secondary N) is 1. The van der Waals surface area contributed by atoms with Crippen LogP contribution in [0.4, 0.5) is 5.69 Å². The molecule has 0 aliphatic carbocycles. The molecule has 0 aromatic heterocycles. The Bertz CT molecular complexity index is 449. The Morgan fingerprint density at radius 2 is 2.35 bits per heavy atom. The van der Waals surface area contributed by atoms with E-state index >= 15 is 0 Å². The normalized spacial score (nSPS) is 11.4. The summed E-state index contributed by atoms with van der Waals surface area (Å²) in [4.78, 5) is 11.7. The maximum atomic E-state index is 11.7. The lowest BCUT2D eigenvalue weighted by atomic mass is 10.2. The van der Waals surface area contributed by atoms with E-state index in [1.807, 2.05) is 19.1 Å². The zero-order valence-corrected chi connectivity index (χ0v) is 9.99. The maximum absolute atomic E-state index is 11.7. The third kappa shape index (κ3) is 3.51. The average Bonchev–Trinajstić information content (AvgIpc) is 2.31. The molecule has 1 aromatic carbocycles. The van der Waals surface area contributed by atoms with Crippen LogP contribution in [0.15, 0.2) is 18.2 Å². The van der Waals surface area contributed by atoms with Gasteiger partial charge in [-0.3, -0.25) is 4.79 Å². The predicted octanol–water partition coefficient (Wildman–Crippen LogP) is 1.29. The van der Waals surface area contributed by atoms with Gasteiger partial charge in [-0.25, -0.2) is 0 Å². The van der Waals surface area contributed by atoms with E-state index in [4.69, 9.17) is 16.9 Å². The summed E-state index contributed by atoms with van der Waals surface area (Å²) >= 11 is 0. The van der Waals surface area contributed by atoms with E-state index < -0.39 is 6.04 Å². The molecule has 3 N–H and O–H groups in total. The highest BCUT2D eigenvalue weighted by molar-refractivity contribution is 5.96. The summed E-state index contributed by atoms with van der Waals surface area (Å²) in [5.41, 5.74) is 7.24. The SMILES string of the molecule is C#CCC(N)C(=O)Nc1ccc(C)cc1OC. The topological polar surface area (TPSA) is 64.4 Å². The second-order valence-electron chi connectivity index (χ2n) is 3.71. The highest BCUT2D eigenvalue weighted by Crippen LogP contribution is 2.25. The van der Waals surface area contributed by atoms with Crippen molar-refractivity contribution in [1.82, 2.24) is 0 Å². The third-order valence-electron chi connectivity index (χ3n) is 2.29. The Balaban J connectivity index is 2.81. The molecule has 0 saturated heterocycles. The van der Waals surface area contributed by atoms with Gasteiger partial charge in [0.05, 0.1) is 18.8 Å². The van der Waals surface area contributed by atoms with Gasteiger partial charge in [0.25, 0.3) is 0 Å². The van der Waals surface area contributed by atoms with Gasteiger partial charge < -0.3 is 15.8 Å². The fourth-order valence-corrected chi connectivity index (χ4v) is 1.35. The monoisotopic (exact) mass is 232 g/mol. The van der Waals surface area contributed by atoms with Gasteiger partial charge in [0.2, 0.25) is 5.91 Å². The van der Waals surface area contributed by atoms with Crippen molar-refractivity contribution >= 4 is 11.6 Å². The summed E-state index contributed by atoms with van der Waals surface area (Å²) in [7, 11) is 1.55. The van der Waals surface area contributed by atoms with Crippen molar-refractivity contribution in [1.29, 1.82) is 0 Å². The van der Waals surface area contributed by atoms with E-state index in [1.54, 1.807) is 13.2 Å². The van der Waals surface area contributed by atoms with Gasteiger partial charge in [-0.15, -0.1) is 12.3 Å². The Labute approximate surface area is 101 Å². The number of amides is 1. The Hall–Kier alpha value is -1.99. The zero-order chi connectivity index (χ0) is 12.8. The molecule has 0 radical (unpaired) electrons. The minimum atomic E-state index is -0.703. The highest BCUT2D eigenvalue weighted by Gasteiger charge is 2.14. The quantitative estimate of drug-likeness (QED) is 0.769. The van der Waals surface area contributed by atoms with Crippen molar-refractivity contribution in [3.63, 3.8) is 0 Å². The first-order valence-electron chi connectivity index (χ1n) is 5.23. The molecule has 0 spiro atoms. The van der Waals surface area contributed by atoms with Crippen molar-refractivity contribution in [2.24, 2.45) is 5.73 Å². The van der Waals surface area contributed by atoms with Crippen LogP contribution < -0.4 is 15.8 Å².